The predicted octanol–water partition coefficient (Wildman–Crippen LogP) is 14.9. The van der Waals surface area contributed by atoms with E-state index in [1.165, 1.54) is 193 Å². The fourth-order valence-corrected chi connectivity index (χ4v) is 6.56. The number of unbranched alkanes of at least 4 members (excludes halogenated alkanes) is 28. The second-order valence-electron chi connectivity index (χ2n) is 14.1. The summed E-state index contributed by atoms with van der Waals surface area (Å²) in [4.78, 5) is 11.7. The van der Waals surface area contributed by atoms with Crippen molar-refractivity contribution in [2.45, 2.75) is 239 Å². The van der Waals surface area contributed by atoms with Crippen molar-refractivity contribution in [3.05, 3.63) is 11.6 Å². The van der Waals surface area contributed by atoms with Gasteiger partial charge in [-0.1, -0.05) is 205 Å². The van der Waals surface area contributed by atoms with Crippen LogP contribution in [0.5, 0.6) is 0 Å². The Morgan fingerprint density at radius 3 is 1.12 bits per heavy atom. The molecule has 0 spiro atoms. The lowest BCUT2D eigenvalue weighted by Gasteiger charge is -2.12. The average Bonchev–Trinajstić information content (AvgIpc) is 3.00. The number of hydrogen-bond donors (Lipinski definition) is 1. The Morgan fingerprint density at radius 1 is 0.465 bits per heavy atom. The van der Waals surface area contributed by atoms with Crippen molar-refractivity contribution in [1.29, 1.82) is 0 Å². The topological polar surface area (TPSA) is 37.3 Å². The van der Waals surface area contributed by atoms with Gasteiger partial charge in [-0.25, -0.2) is 0 Å². The van der Waals surface area contributed by atoms with E-state index in [0.717, 1.165) is 25.7 Å². The fraction of sp³-hybridized carbons (Fsp3) is 0.927. The Hall–Kier alpha value is -0.790. The van der Waals surface area contributed by atoms with Crippen LogP contribution in [-0.2, 0) is 4.79 Å². The maximum Gasteiger partial charge on any atom is 0.306 e. The van der Waals surface area contributed by atoms with Crippen LogP contribution < -0.4 is 0 Å². The highest BCUT2D eigenvalue weighted by atomic mass is 16.4. The van der Waals surface area contributed by atoms with Gasteiger partial charge in [0.05, 0.1) is 5.92 Å². The molecule has 1 N–H and O–H groups in total. The Bertz CT molecular complexity index is 580. The highest BCUT2D eigenvalue weighted by Gasteiger charge is 2.16. The number of rotatable bonds is 36. The molecule has 0 aromatic heterocycles. The van der Waals surface area contributed by atoms with Gasteiger partial charge in [0.15, 0.2) is 0 Å². The van der Waals surface area contributed by atoms with Gasteiger partial charge in [-0.15, -0.1) is 0 Å². The van der Waals surface area contributed by atoms with Gasteiger partial charge in [0.1, 0.15) is 0 Å². The van der Waals surface area contributed by atoms with Crippen molar-refractivity contribution in [2.24, 2.45) is 5.92 Å². The molecule has 0 aromatic rings. The maximum absolute atomic E-state index is 11.7. The van der Waals surface area contributed by atoms with Gasteiger partial charge in [0, 0.05) is 0 Å². The smallest absolute Gasteiger partial charge is 0.306 e. The molecule has 0 radical (unpaired) electrons. The highest BCUT2D eigenvalue weighted by molar-refractivity contribution is 5.69. The normalized spacial score (nSPS) is 12.7. The molecule has 0 heterocycles. The van der Waals surface area contributed by atoms with E-state index < -0.39 is 5.97 Å². The molecule has 0 bridgehead atoms. The van der Waals surface area contributed by atoms with Crippen molar-refractivity contribution in [1.82, 2.24) is 0 Å². The van der Waals surface area contributed by atoms with Crippen LogP contribution in [0.3, 0.4) is 0 Å². The Balaban J connectivity index is 3.46. The van der Waals surface area contributed by atoms with Crippen LogP contribution in [0, 0.1) is 5.92 Å². The minimum absolute atomic E-state index is 0.105. The molecule has 0 aliphatic heterocycles. The van der Waals surface area contributed by atoms with E-state index in [9.17, 15) is 9.90 Å². The molecule has 43 heavy (non-hydrogen) atoms. The van der Waals surface area contributed by atoms with Crippen LogP contribution in [0.15, 0.2) is 11.6 Å². The molecule has 2 nitrogen and oxygen atoms in total. The first-order chi connectivity index (χ1) is 21.1. The minimum Gasteiger partial charge on any atom is -0.481 e. The van der Waals surface area contributed by atoms with E-state index in [1.54, 1.807) is 5.57 Å². The van der Waals surface area contributed by atoms with Crippen LogP contribution in [0.25, 0.3) is 0 Å². The third kappa shape index (κ3) is 33.9. The summed E-state index contributed by atoms with van der Waals surface area (Å²) in [6.07, 6.45) is 47.5. The molecular formula is C41H80O2. The predicted molar refractivity (Wildman–Crippen MR) is 193 cm³/mol. The molecule has 0 amide bonds. The lowest BCUT2D eigenvalue weighted by Crippen LogP contribution is -2.13. The fourth-order valence-electron chi connectivity index (χ4n) is 6.56. The molecule has 0 rings (SSSR count). The first kappa shape index (κ1) is 42.2. The second-order valence-corrected chi connectivity index (χ2v) is 14.1. The number of carbonyl (C=O) groups is 1. The monoisotopic (exact) mass is 605 g/mol. The number of aliphatic carboxylic acids is 1. The molecule has 0 aromatic carbocycles. The van der Waals surface area contributed by atoms with Crippen LogP contribution in [0.4, 0.5) is 0 Å². The summed E-state index contributed by atoms with van der Waals surface area (Å²) in [7, 11) is 0. The zero-order valence-electron chi connectivity index (χ0n) is 30.1. The summed E-state index contributed by atoms with van der Waals surface area (Å²) in [6, 6.07) is 0. The van der Waals surface area contributed by atoms with E-state index in [4.69, 9.17) is 0 Å². The van der Waals surface area contributed by atoms with Crippen molar-refractivity contribution >= 4 is 5.97 Å². The molecule has 0 aliphatic rings. The highest BCUT2D eigenvalue weighted by Crippen LogP contribution is 2.21. The number of carboxylic acid groups (broad SMARTS) is 1. The van der Waals surface area contributed by atoms with Gasteiger partial charge >= 0.3 is 5.97 Å². The number of allylic oxidation sites excluding steroid dienone is 2. The molecule has 256 valence electrons. The third-order valence-corrected chi connectivity index (χ3v) is 9.68. The average molecular weight is 605 g/mol. The zero-order valence-corrected chi connectivity index (χ0v) is 30.1. The maximum atomic E-state index is 11.7. The molecule has 1 atom stereocenters. The van der Waals surface area contributed by atoms with Crippen molar-refractivity contribution in [2.75, 3.05) is 0 Å². The van der Waals surface area contributed by atoms with E-state index in [0.29, 0.717) is 0 Å². The molecular weight excluding hydrogens is 524 g/mol. The summed E-state index contributed by atoms with van der Waals surface area (Å²) in [5.41, 5.74) is 1.61. The van der Waals surface area contributed by atoms with E-state index in [2.05, 4.69) is 26.8 Å². The summed E-state index contributed by atoms with van der Waals surface area (Å²) in [5.74, 6) is -0.662. The summed E-state index contributed by atoms with van der Waals surface area (Å²) in [6.45, 7) is 6.90. The van der Waals surface area contributed by atoms with Crippen molar-refractivity contribution < 1.29 is 9.90 Å². The first-order valence-electron chi connectivity index (χ1n) is 20.0. The summed E-state index contributed by atoms with van der Waals surface area (Å²) in [5, 5.41) is 9.65. The summed E-state index contributed by atoms with van der Waals surface area (Å²) >= 11 is 0. The zero-order chi connectivity index (χ0) is 31.5. The largest absolute Gasteiger partial charge is 0.481 e. The van der Waals surface area contributed by atoms with Crippen molar-refractivity contribution in [3.63, 3.8) is 0 Å². The Morgan fingerprint density at radius 2 is 0.767 bits per heavy atom. The molecule has 0 fully saturated rings. The molecule has 2 heteroatoms. The van der Waals surface area contributed by atoms with Crippen LogP contribution in [-0.4, -0.2) is 11.1 Å². The molecule has 0 saturated heterocycles. The molecule has 0 aliphatic carbocycles. The Labute approximate surface area is 272 Å². The van der Waals surface area contributed by atoms with Gasteiger partial charge in [-0.3, -0.25) is 4.79 Å². The number of hydrogen-bond acceptors (Lipinski definition) is 1. The number of carboxylic acids is 1. The standard InChI is InChI=1S/C41H80O2/c1-4-6-8-10-12-13-14-15-16-17-21-25-29-33-37-40(41(42)43)38-34-30-26-22-19-18-20-24-28-32-36-39(3)35-31-27-23-11-9-7-5-2/h35,40H,4-34,36-38H2,1-3H3,(H,42,43). The van der Waals surface area contributed by atoms with Gasteiger partial charge in [0.25, 0.3) is 0 Å². The third-order valence-electron chi connectivity index (χ3n) is 9.68. The van der Waals surface area contributed by atoms with E-state index in [1.807, 2.05) is 0 Å². The van der Waals surface area contributed by atoms with Crippen LogP contribution in [0.2, 0.25) is 0 Å². The molecule has 0 saturated carbocycles. The van der Waals surface area contributed by atoms with E-state index in [-0.39, 0.29) is 5.92 Å². The Kier molecular flexibility index (Phi) is 35.0. The van der Waals surface area contributed by atoms with Gasteiger partial charge in [0.2, 0.25) is 0 Å². The van der Waals surface area contributed by atoms with Gasteiger partial charge in [-0.05, 0) is 45.4 Å². The quantitative estimate of drug-likeness (QED) is 0.0570. The second kappa shape index (κ2) is 35.7. The van der Waals surface area contributed by atoms with Gasteiger partial charge < -0.3 is 5.11 Å². The van der Waals surface area contributed by atoms with E-state index >= 15 is 0 Å². The summed E-state index contributed by atoms with van der Waals surface area (Å²) < 4.78 is 0. The van der Waals surface area contributed by atoms with Crippen LogP contribution >= 0.6 is 0 Å². The SMILES string of the molecule is CCCCCCCCC=C(C)CCCCCCCCCCCCC(CCCCCCCCCCCCCCCC)C(=O)O. The van der Waals surface area contributed by atoms with Crippen molar-refractivity contribution in [3.8, 4) is 0 Å². The first-order valence-corrected chi connectivity index (χ1v) is 20.0. The molecule has 1 unspecified atom stereocenters. The minimum atomic E-state index is -0.557. The lowest BCUT2D eigenvalue weighted by molar-refractivity contribution is -0.142. The van der Waals surface area contributed by atoms with Crippen LogP contribution in [0.1, 0.15) is 239 Å². The van der Waals surface area contributed by atoms with Gasteiger partial charge in [-0.2, -0.15) is 0 Å². The lowest BCUT2D eigenvalue weighted by atomic mass is 9.94.